The van der Waals surface area contributed by atoms with Gasteiger partial charge in [-0.25, -0.2) is 4.39 Å². The Morgan fingerprint density at radius 1 is 1.00 bits per heavy atom. The summed E-state index contributed by atoms with van der Waals surface area (Å²) in [7, 11) is 2.83. The average molecular weight is 288 g/mol. The summed E-state index contributed by atoms with van der Waals surface area (Å²) in [4.78, 5) is 0. The Hall–Kier alpha value is -2.94. The molecule has 6 heteroatoms. The van der Waals surface area contributed by atoms with E-state index in [-0.39, 0.29) is 17.2 Å². The maximum atomic E-state index is 13.5. The van der Waals surface area contributed by atoms with E-state index in [9.17, 15) is 4.39 Å². The van der Waals surface area contributed by atoms with Gasteiger partial charge in [0.15, 0.2) is 17.3 Å². The van der Waals surface area contributed by atoms with Crippen LogP contribution in [-0.2, 0) is 0 Å². The van der Waals surface area contributed by atoms with Gasteiger partial charge in [0.1, 0.15) is 11.5 Å². The molecule has 0 unspecified atom stereocenters. The van der Waals surface area contributed by atoms with Crippen molar-refractivity contribution < 1.29 is 18.6 Å². The van der Waals surface area contributed by atoms with E-state index in [4.69, 9.17) is 25.2 Å². The van der Waals surface area contributed by atoms with Gasteiger partial charge in [-0.05, 0) is 12.1 Å². The Kier molecular flexibility index (Phi) is 4.14. The van der Waals surface area contributed by atoms with E-state index < -0.39 is 5.82 Å². The molecular formula is C15H13FN2O3. The highest BCUT2D eigenvalue weighted by Gasteiger charge is 2.11. The van der Waals surface area contributed by atoms with Crippen LogP contribution in [0.5, 0.6) is 23.0 Å². The molecule has 0 bridgehead atoms. The van der Waals surface area contributed by atoms with Crippen LogP contribution in [0.2, 0.25) is 0 Å². The Labute approximate surface area is 121 Å². The third-order valence-corrected chi connectivity index (χ3v) is 2.76. The first-order valence-electron chi connectivity index (χ1n) is 5.97. The molecule has 0 saturated heterocycles. The number of nitrogens with two attached hydrogens (primary N) is 1. The minimum absolute atomic E-state index is 0.0163. The zero-order valence-corrected chi connectivity index (χ0v) is 11.5. The topological polar surface area (TPSA) is 77.5 Å². The molecule has 0 aromatic heterocycles. The van der Waals surface area contributed by atoms with Crippen LogP contribution < -0.4 is 19.9 Å². The largest absolute Gasteiger partial charge is 0.497 e. The molecule has 2 aromatic carbocycles. The second kappa shape index (κ2) is 6.01. The lowest BCUT2D eigenvalue weighted by atomic mass is 10.2. The van der Waals surface area contributed by atoms with E-state index >= 15 is 0 Å². The highest BCUT2D eigenvalue weighted by atomic mass is 19.1. The smallest absolute Gasteiger partial charge is 0.167 e. The first kappa shape index (κ1) is 14.5. The van der Waals surface area contributed by atoms with Crippen LogP contribution in [0.1, 0.15) is 5.56 Å². The fraction of sp³-hybridized carbons (Fsp3) is 0.133. The molecule has 2 aromatic rings. The molecule has 0 radical (unpaired) electrons. The van der Waals surface area contributed by atoms with E-state index in [1.165, 1.54) is 26.4 Å². The van der Waals surface area contributed by atoms with E-state index in [1.54, 1.807) is 12.1 Å². The molecule has 0 saturated carbocycles. The summed E-state index contributed by atoms with van der Waals surface area (Å²) in [6.07, 6.45) is 0. The first-order chi connectivity index (χ1) is 10.1. The Balaban J connectivity index is 2.40. The van der Waals surface area contributed by atoms with Crippen molar-refractivity contribution in [2.45, 2.75) is 0 Å². The molecule has 0 aliphatic heterocycles. The first-order valence-corrected chi connectivity index (χ1v) is 5.97. The molecule has 0 heterocycles. The third kappa shape index (κ3) is 3.15. The van der Waals surface area contributed by atoms with Crippen LogP contribution in [0.3, 0.4) is 0 Å². The van der Waals surface area contributed by atoms with Crippen molar-refractivity contribution in [1.82, 2.24) is 0 Å². The number of hydrogen-bond acceptors (Lipinski definition) is 5. The molecule has 0 spiro atoms. The maximum absolute atomic E-state index is 13.5. The van der Waals surface area contributed by atoms with Gasteiger partial charge in [-0.3, -0.25) is 0 Å². The van der Waals surface area contributed by atoms with Crippen molar-refractivity contribution in [3.63, 3.8) is 0 Å². The van der Waals surface area contributed by atoms with E-state index in [2.05, 4.69) is 0 Å². The lowest BCUT2D eigenvalue weighted by Crippen LogP contribution is -1.97. The minimum Gasteiger partial charge on any atom is -0.497 e. The molecule has 2 N–H and O–H groups in total. The summed E-state index contributed by atoms with van der Waals surface area (Å²) in [5.74, 6) is 0.488. The Bertz CT molecular complexity index is 711. The van der Waals surface area contributed by atoms with E-state index in [0.29, 0.717) is 17.1 Å². The second-order valence-electron chi connectivity index (χ2n) is 4.14. The van der Waals surface area contributed by atoms with Crippen LogP contribution in [-0.4, -0.2) is 14.2 Å². The standard InChI is InChI=1S/C15H13FN2O3/c1-19-10-3-9(8-17)4-11(5-10)21-15-7-14(20-2)12(16)6-13(15)18/h3-7H,18H2,1-2H3. The van der Waals surface area contributed by atoms with Crippen molar-refractivity contribution >= 4 is 5.69 Å². The highest BCUT2D eigenvalue weighted by Crippen LogP contribution is 2.34. The van der Waals surface area contributed by atoms with Crippen LogP contribution in [0, 0.1) is 17.1 Å². The third-order valence-electron chi connectivity index (χ3n) is 2.76. The Morgan fingerprint density at radius 3 is 2.33 bits per heavy atom. The van der Waals surface area contributed by atoms with Gasteiger partial charge in [0.25, 0.3) is 0 Å². The summed E-state index contributed by atoms with van der Waals surface area (Å²) >= 11 is 0. The fourth-order valence-corrected chi connectivity index (χ4v) is 1.73. The summed E-state index contributed by atoms with van der Waals surface area (Å²) in [6.45, 7) is 0. The normalized spacial score (nSPS) is 9.81. The van der Waals surface area contributed by atoms with Gasteiger partial charge in [-0.2, -0.15) is 5.26 Å². The molecule has 0 atom stereocenters. The number of rotatable bonds is 4. The summed E-state index contributed by atoms with van der Waals surface area (Å²) in [6, 6.07) is 9.14. The number of benzene rings is 2. The second-order valence-corrected chi connectivity index (χ2v) is 4.14. The van der Waals surface area contributed by atoms with Crippen LogP contribution in [0.15, 0.2) is 30.3 Å². The maximum Gasteiger partial charge on any atom is 0.167 e. The lowest BCUT2D eigenvalue weighted by Gasteiger charge is -2.12. The lowest BCUT2D eigenvalue weighted by molar-refractivity contribution is 0.381. The highest BCUT2D eigenvalue weighted by molar-refractivity contribution is 5.58. The fourth-order valence-electron chi connectivity index (χ4n) is 1.73. The summed E-state index contributed by atoms with van der Waals surface area (Å²) in [5, 5.41) is 8.97. The number of nitrogens with zero attached hydrogens (tertiary/aromatic N) is 1. The monoisotopic (exact) mass is 288 g/mol. The quantitative estimate of drug-likeness (QED) is 0.875. The van der Waals surface area contributed by atoms with Gasteiger partial charge in [0.05, 0.1) is 31.5 Å². The van der Waals surface area contributed by atoms with Gasteiger partial charge in [0, 0.05) is 18.2 Å². The molecule has 5 nitrogen and oxygen atoms in total. The number of methoxy groups -OCH3 is 2. The molecule has 0 amide bonds. The van der Waals surface area contributed by atoms with Crippen molar-refractivity contribution in [3.8, 4) is 29.1 Å². The molecule has 2 rings (SSSR count). The summed E-state index contributed by atoms with van der Waals surface area (Å²) in [5.41, 5.74) is 6.21. The number of nitriles is 1. The van der Waals surface area contributed by atoms with Crippen LogP contribution >= 0.6 is 0 Å². The number of anilines is 1. The van der Waals surface area contributed by atoms with Gasteiger partial charge in [0.2, 0.25) is 0 Å². The Morgan fingerprint density at radius 2 is 1.71 bits per heavy atom. The van der Waals surface area contributed by atoms with Gasteiger partial charge in [-0.1, -0.05) is 0 Å². The molecule has 21 heavy (non-hydrogen) atoms. The number of hydrogen-bond donors (Lipinski definition) is 1. The molecule has 0 aliphatic carbocycles. The van der Waals surface area contributed by atoms with Crippen molar-refractivity contribution in [2.75, 3.05) is 20.0 Å². The van der Waals surface area contributed by atoms with Gasteiger partial charge < -0.3 is 19.9 Å². The molecule has 0 aliphatic rings. The number of halogens is 1. The zero-order chi connectivity index (χ0) is 15.4. The van der Waals surface area contributed by atoms with Crippen LogP contribution in [0.25, 0.3) is 0 Å². The van der Waals surface area contributed by atoms with Gasteiger partial charge in [-0.15, -0.1) is 0 Å². The SMILES string of the molecule is COc1cc(C#N)cc(Oc2cc(OC)c(F)cc2N)c1. The van der Waals surface area contributed by atoms with Crippen molar-refractivity contribution in [3.05, 3.63) is 41.7 Å². The average Bonchev–Trinajstić information content (AvgIpc) is 2.49. The number of nitrogen functional groups attached to an aromatic ring is 1. The number of ether oxygens (including phenoxy) is 3. The predicted molar refractivity (Wildman–Crippen MR) is 75.1 cm³/mol. The van der Waals surface area contributed by atoms with Crippen molar-refractivity contribution in [1.29, 1.82) is 5.26 Å². The van der Waals surface area contributed by atoms with E-state index in [0.717, 1.165) is 6.07 Å². The van der Waals surface area contributed by atoms with Gasteiger partial charge >= 0.3 is 0 Å². The van der Waals surface area contributed by atoms with Crippen LogP contribution in [0.4, 0.5) is 10.1 Å². The molecular weight excluding hydrogens is 275 g/mol. The minimum atomic E-state index is -0.578. The summed E-state index contributed by atoms with van der Waals surface area (Å²) < 4.78 is 29.0. The molecule has 0 fully saturated rings. The predicted octanol–water partition coefficient (Wildman–Crippen LogP) is 3.09. The van der Waals surface area contributed by atoms with Crippen molar-refractivity contribution in [2.24, 2.45) is 0 Å². The molecule has 108 valence electrons. The van der Waals surface area contributed by atoms with E-state index in [1.807, 2.05) is 6.07 Å². The zero-order valence-electron chi connectivity index (χ0n) is 11.5.